The van der Waals surface area contributed by atoms with Crippen molar-refractivity contribution in [3.8, 4) is 0 Å². The minimum absolute atomic E-state index is 0.0228. The molecule has 0 saturated heterocycles. The first kappa shape index (κ1) is 21.0. The summed E-state index contributed by atoms with van der Waals surface area (Å²) in [5.74, 6) is -0.936. The topological polar surface area (TPSA) is 77.7 Å². The van der Waals surface area contributed by atoms with Crippen molar-refractivity contribution in [2.24, 2.45) is 22.7 Å². The summed E-state index contributed by atoms with van der Waals surface area (Å²) >= 11 is 7.55. The van der Waals surface area contributed by atoms with Crippen LogP contribution in [0.4, 0.5) is 0 Å². The summed E-state index contributed by atoms with van der Waals surface area (Å²) in [7, 11) is 0. The Bertz CT molecular complexity index is 1010. The highest BCUT2D eigenvalue weighted by molar-refractivity contribution is 7.07. The Hall–Kier alpha value is -2.25. The van der Waals surface area contributed by atoms with Gasteiger partial charge in [-0.15, -0.1) is 11.3 Å². The maximum atomic E-state index is 12.4. The van der Waals surface area contributed by atoms with Crippen molar-refractivity contribution < 1.29 is 19.1 Å². The molecule has 1 amide bonds. The number of fused-ring (bicyclic) bond motifs is 2. The van der Waals surface area contributed by atoms with Gasteiger partial charge in [0.05, 0.1) is 12.5 Å². The van der Waals surface area contributed by atoms with E-state index < -0.39 is 11.9 Å². The smallest absolute Gasteiger partial charge is 0.309 e. The third kappa shape index (κ3) is 4.73. The fourth-order valence-corrected chi connectivity index (χ4v) is 5.32. The summed E-state index contributed by atoms with van der Waals surface area (Å²) in [4.78, 5) is 41.5. The van der Waals surface area contributed by atoms with Gasteiger partial charge in [0, 0.05) is 28.4 Å². The number of esters is 1. The predicted molar refractivity (Wildman–Crippen MR) is 113 cm³/mol. The molecule has 0 N–H and O–H groups in total. The van der Waals surface area contributed by atoms with E-state index in [1.54, 1.807) is 0 Å². The van der Waals surface area contributed by atoms with Crippen LogP contribution >= 0.6 is 22.9 Å². The molecule has 0 spiro atoms. The van der Waals surface area contributed by atoms with Crippen LogP contribution in [0.2, 0.25) is 5.02 Å². The Morgan fingerprint density at radius 2 is 1.93 bits per heavy atom. The number of rotatable bonds is 5. The van der Waals surface area contributed by atoms with Gasteiger partial charge in [-0.3, -0.25) is 14.4 Å². The second kappa shape index (κ2) is 9.27. The van der Waals surface area contributed by atoms with E-state index >= 15 is 0 Å². The van der Waals surface area contributed by atoms with Crippen LogP contribution < -0.4 is 4.80 Å². The van der Waals surface area contributed by atoms with Crippen molar-refractivity contribution in [1.29, 1.82) is 0 Å². The lowest BCUT2D eigenvalue weighted by Crippen LogP contribution is -2.39. The van der Waals surface area contributed by atoms with Crippen LogP contribution in [0.1, 0.15) is 37.7 Å². The van der Waals surface area contributed by atoms with Crippen LogP contribution in [0.25, 0.3) is 0 Å². The third-order valence-corrected chi connectivity index (χ3v) is 7.06. The molecule has 1 aromatic carbocycles. The second-order valence-electron chi connectivity index (χ2n) is 7.91. The summed E-state index contributed by atoms with van der Waals surface area (Å²) in [6, 6.07) is 7.51. The van der Waals surface area contributed by atoms with E-state index in [-0.39, 0.29) is 24.4 Å². The summed E-state index contributed by atoms with van der Waals surface area (Å²) in [5, 5.41) is 2.49. The number of thiazole rings is 1. The van der Waals surface area contributed by atoms with Gasteiger partial charge >= 0.3 is 5.97 Å². The van der Waals surface area contributed by atoms with Crippen LogP contribution in [0, 0.1) is 17.8 Å². The molecule has 4 rings (SSSR count). The van der Waals surface area contributed by atoms with Gasteiger partial charge in [0.25, 0.3) is 5.91 Å². The van der Waals surface area contributed by atoms with Gasteiger partial charge in [0.1, 0.15) is 5.78 Å². The standard InChI is InChI=1S/C22H23ClN2O4S/c23-18-7-2-1-4-16(18)12-25-8-9-30-22(25)24-19(26)13-29-21(28)17-10-14-5-3-6-15(11-17)20(14)27/h1-2,4,7-9,14-15,17H,3,5-6,10-13H2/t14-,15-/m0/s1. The molecule has 2 bridgehead atoms. The molecule has 30 heavy (non-hydrogen) atoms. The minimum atomic E-state index is -0.509. The largest absolute Gasteiger partial charge is 0.455 e. The van der Waals surface area contributed by atoms with Crippen LogP contribution in [0.15, 0.2) is 40.8 Å². The first-order valence-corrected chi connectivity index (χ1v) is 11.4. The van der Waals surface area contributed by atoms with E-state index in [4.69, 9.17) is 16.3 Å². The lowest BCUT2D eigenvalue weighted by molar-refractivity contribution is -0.156. The lowest BCUT2D eigenvalue weighted by Gasteiger charge is -2.36. The number of hydrogen-bond donors (Lipinski definition) is 0. The average Bonchev–Trinajstić information content (AvgIpc) is 3.14. The lowest BCUT2D eigenvalue weighted by atomic mass is 9.67. The van der Waals surface area contributed by atoms with Gasteiger partial charge in [-0.1, -0.05) is 36.2 Å². The molecule has 0 aliphatic heterocycles. The Morgan fingerprint density at radius 3 is 2.67 bits per heavy atom. The molecule has 2 atom stereocenters. The first-order valence-electron chi connectivity index (χ1n) is 10.2. The zero-order chi connectivity index (χ0) is 21.1. The third-order valence-electron chi connectivity index (χ3n) is 5.90. The molecule has 6 nitrogen and oxygen atoms in total. The zero-order valence-electron chi connectivity index (χ0n) is 16.5. The summed E-state index contributed by atoms with van der Waals surface area (Å²) < 4.78 is 7.08. The Balaban J connectivity index is 1.36. The number of ketones is 1. The van der Waals surface area contributed by atoms with Gasteiger partial charge in [0.15, 0.2) is 11.4 Å². The van der Waals surface area contributed by atoms with Crippen molar-refractivity contribution >= 4 is 40.6 Å². The Kier molecular flexibility index (Phi) is 6.49. The SMILES string of the molecule is O=C(COC(=O)C1C[C@@H]2CCC[C@@H](C1)C2=O)N=c1sccn1Cc1ccccc1Cl. The van der Waals surface area contributed by atoms with Crippen LogP contribution in [-0.2, 0) is 25.7 Å². The number of carbonyl (C=O) groups is 3. The Labute approximate surface area is 183 Å². The summed E-state index contributed by atoms with van der Waals surface area (Å²) in [6.45, 7) is 0.108. The average molecular weight is 447 g/mol. The number of amides is 1. The van der Waals surface area contributed by atoms with E-state index in [1.165, 1.54) is 11.3 Å². The maximum Gasteiger partial charge on any atom is 0.309 e. The molecule has 1 aromatic heterocycles. The van der Waals surface area contributed by atoms with Crippen LogP contribution in [0.3, 0.4) is 0 Å². The normalized spacial score (nSPS) is 24.0. The number of benzene rings is 1. The van der Waals surface area contributed by atoms with Crippen molar-refractivity contribution in [2.45, 2.75) is 38.6 Å². The monoisotopic (exact) mass is 446 g/mol. The van der Waals surface area contributed by atoms with Gasteiger partial charge in [0.2, 0.25) is 0 Å². The summed E-state index contributed by atoms with van der Waals surface area (Å²) in [5.41, 5.74) is 0.926. The number of nitrogens with zero attached hydrogens (tertiary/aromatic N) is 2. The molecule has 0 unspecified atom stereocenters. The first-order chi connectivity index (χ1) is 14.5. The minimum Gasteiger partial charge on any atom is -0.455 e. The molecule has 1 heterocycles. The van der Waals surface area contributed by atoms with Gasteiger partial charge in [-0.05, 0) is 37.3 Å². The van der Waals surface area contributed by atoms with Crippen molar-refractivity contribution in [2.75, 3.05) is 6.61 Å². The summed E-state index contributed by atoms with van der Waals surface area (Å²) in [6.07, 6.45) is 5.69. The van der Waals surface area contributed by atoms with Crippen LogP contribution in [-0.4, -0.2) is 28.8 Å². The van der Waals surface area contributed by atoms with E-state index in [0.717, 1.165) is 24.8 Å². The molecule has 2 saturated carbocycles. The van der Waals surface area contributed by atoms with Gasteiger partial charge < -0.3 is 9.30 Å². The molecule has 158 valence electrons. The van der Waals surface area contributed by atoms with Crippen molar-refractivity contribution in [3.63, 3.8) is 0 Å². The molecule has 2 fully saturated rings. The highest BCUT2D eigenvalue weighted by Crippen LogP contribution is 2.40. The maximum absolute atomic E-state index is 12.4. The predicted octanol–water partition coefficient (Wildman–Crippen LogP) is 3.62. The molecule has 0 radical (unpaired) electrons. The van der Waals surface area contributed by atoms with Gasteiger partial charge in [-0.2, -0.15) is 4.99 Å². The molecular weight excluding hydrogens is 424 g/mol. The van der Waals surface area contributed by atoms with E-state index in [0.29, 0.717) is 35.0 Å². The van der Waals surface area contributed by atoms with E-state index in [2.05, 4.69) is 4.99 Å². The number of Topliss-reactive ketones (excluding diaryl/α,β-unsaturated/α-hetero) is 1. The Morgan fingerprint density at radius 1 is 1.20 bits per heavy atom. The number of halogens is 1. The van der Waals surface area contributed by atoms with Crippen molar-refractivity contribution in [1.82, 2.24) is 4.57 Å². The number of carbonyl (C=O) groups excluding carboxylic acids is 3. The fourth-order valence-electron chi connectivity index (χ4n) is 4.38. The fraction of sp³-hybridized carbons (Fsp3) is 0.455. The highest BCUT2D eigenvalue weighted by atomic mass is 35.5. The molecule has 2 aliphatic rings. The number of aromatic nitrogens is 1. The van der Waals surface area contributed by atoms with E-state index in [9.17, 15) is 14.4 Å². The highest BCUT2D eigenvalue weighted by Gasteiger charge is 2.41. The molecular formula is C22H23ClN2O4S. The van der Waals surface area contributed by atoms with Crippen LogP contribution in [0.5, 0.6) is 0 Å². The number of hydrogen-bond acceptors (Lipinski definition) is 5. The quantitative estimate of drug-likeness (QED) is 0.657. The molecule has 2 aromatic rings. The second-order valence-corrected chi connectivity index (χ2v) is 9.19. The van der Waals surface area contributed by atoms with Crippen molar-refractivity contribution in [3.05, 3.63) is 51.2 Å². The number of ether oxygens (including phenoxy) is 1. The van der Waals surface area contributed by atoms with E-state index in [1.807, 2.05) is 40.4 Å². The molecule has 8 heteroatoms. The zero-order valence-corrected chi connectivity index (χ0v) is 18.0. The molecule has 2 aliphatic carbocycles. The van der Waals surface area contributed by atoms with Gasteiger partial charge in [-0.25, -0.2) is 0 Å².